The molecule has 0 spiro atoms. The Balaban J connectivity index is 2.76. The molecule has 0 unspecified atom stereocenters. The Hall–Kier alpha value is -1.13. The standard InChI is InChI=1S/C11H13ClFNO2/c1-2-16-10(15)6-9(14)7-4-3-5-8(13)11(7)12/h3-5,9H,2,6,14H2,1H3/t9-/m1/s1. The van der Waals surface area contributed by atoms with Crippen LogP contribution in [-0.2, 0) is 9.53 Å². The highest BCUT2D eigenvalue weighted by molar-refractivity contribution is 6.31. The summed E-state index contributed by atoms with van der Waals surface area (Å²) in [5.74, 6) is -0.964. The summed E-state index contributed by atoms with van der Waals surface area (Å²) in [4.78, 5) is 11.2. The zero-order valence-corrected chi connectivity index (χ0v) is 9.63. The first-order valence-electron chi connectivity index (χ1n) is 4.91. The molecule has 0 aromatic heterocycles. The third-order valence-corrected chi connectivity index (χ3v) is 2.47. The molecule has 0 aliphatic carbocycles. The summed E-state index contributed by atoms with van der Waals surface area (Å²) >= 11 is 5.74. The number of esters is 1. The minimum absolute atomic E-state index is 0.0169. The summed E-state index contributed by atoms with van der Waals surface area (Å²) in [6.45, 7) is 2.00. The van der Waals surface area contributed by atoms with Crippen LogP contribution in [-0.4, -0.2) is 12.6 Å². The normalized spacial score (nSPS) is 12.2. The van der Waals surface area contributed by atoms with Crippen molar-refractivity contribution < 1.29 is 13.9 Å². The van der Waals surface area contributed by atoms with Crippen LogP contribution in [0.1, 0.15) is 24.9 Å². The van der Waals surface area contributed by atoms with Crippen LogP contribution >= 0.6 is 11.6 Å². The molecule has 3 nitrogen and oxygen atoms in total. The molecule has 1 rings (SSSR count). The molecular weight excluding hydrogens is 233 g/mol. The molecule has 88 valence electrons. The number of nitrogens with two attached hydrogens (primary N) is 1. The van der Waals surface area contributed by atoms with E-state index in [-0.39, 0.29) is 11.4 Å². The second kappa shape index (κ2) is 5.82. The van der Waals surface area contributed by atoms with E-state index in [9.17, 15) is 9.18 Å². The molecule has 5 heteroatoms. The molecule has 0 radical (unpaired) electrons. The van der Waals surface area contributed by atoms with E-state index in [4.69, 9.17) is 22.1 Å². The van der Waals surface area contributed by atoms with E-state index in [2.05, 4.69) is 0 Å². The van der Waals surface area contributed by atoms with Gasteiger partial charge in [-0.2, -0.15) is 0 Å². The third kappa shape index (κ3) is 3.18. The highest BCUT2D eigenvalue weighted by Gasteiger charge is 2.16. The van der Waals surface area contributed by atoms with Crippen molar-refractivity contribution in [2.24, 2.45) is 5.73 Å². The fraction of sp³-hybridized carbons (Fsp3) is 0.364. The van der Waals surface area contributed by atoms with Crippen LogP contribution in [0.2, 0.25) is 5.02 Å². The Kier molecular flexibility index (Phi) is 4.71. The van der Waals surface area contributed by atoms with Gasteiger partial charge in [0.1, 0.15) is 5.82 Å². The summed E-state index contributed by atoms with van der Waals surface area (Å²) < 4.78 is 17.9. The molecule has 0 fully saturated rings. The number of carbonyl (C=O) groups excluding carboxylic acids is 1. The molecule has 1 aromatic rings. The van der Waals surface area contributed by atoms with Crippen LogP contribution in [0.25, 0.3) is 0 Å². The van der Waals surface area contributed by atoms with Crippen LogP contribution in [0.3, 0.4) is 0 Å². The van der Waals surface area contributed by atoms with Crippen LogP contribution in [0, 0.1) is 5.82 Å². The lowest BCUT2D eigenvalue weighted by Crippen LogP contribution is -2.17. The van der Waals surface area contributed by atoms with Gasteiger partial charge in [0.05, 0.1) is 18.1 Å². The van der Waals surface area contributed by atoms with E-state index in [0.29, 0.717) is 12.2 Å². The topological polar surface area (TPSA) is 52.3 Å². The number of ether oxygens (including phenoxy) is 1. The summed E-state index contributed by atoms with van der Waals surface area (Å²) in [6, 6.07) is 3.68. The first-order chi connectivity index (χ1) is 7.56. The molecule has 0 saturated heterocycles. The van der Waals surface area contributed by atoms with E-state index in [1.807, 2.05) is 0 Å². The molecule has 0 saturated carbocycles. The lowest BCUT2D eigenvalue weighted by atomic mass is 10.0. The highest BCUT2D eigenvalue weighted by atomic mass is 35.5. The summed E-state index contributed by atoms with van der Waals surface area (Å²) in [5.41, 5.74) is 6.16. The van der Waals surface area contributed by atoms with Gasteiger partial charge in [-0.05, 0) is 18.6 Å². The molecule has 0 bridgehead atoms. The average molecular weight is 246 g/mol. The van der Waals surface area contributed by atoms with E-state index in [1.54, 1.807) is 13.0 Å². The summed E-state index contributed by atoms with van der Waals surface area (Å²) in [7, 11) is 0. The predicted molar refractivity (Wildman–Crippen MR) is 59.6 cm³/mol. The van der Waals surface area contributed by atoms with Gasteiger partial charge >= 0.3 is 5.97 Å². The van der Waals surface area contributed by atoms with Gasteiger partial charge in [-0.25, -0.2) is 4.39 Å². The van der Waals surface area contributed by atoms with Crippen molar-refractivity contribution in [3.05, 3.63) is 34.6 Å². The first-order valence-corrected chi connectivity index (χ1v) is 5.29. The zero-order valence-electron chi connectivity index (χ0n) is 8.87. The van der Waals surface area contributed by atoms with Crippen molar-refractivity contribution in [2.75, 3.05) is 6.61 Å². The average Bonchev–Trinajstić information content (AvgIpc) is 2.22. The Bertz CT molecular complexity index is 384. The summed E-state index contributed by atoms with van der Waals surface area (Å²) in [5, 5.41) is -0.0423. The smallest absolute Gasteiger partial charge is 0.307 e. The van der Waals surface area contributed by atoms with Crippen molar-refractivity contribution in [3.63, 3.8) is 0 Å². The van der Waals surface area contributed by atoms with Crippen molar-refractivity contribution in [3.8, 4) is 0 Å². The predicted octanol–water partition coefficient (Wildman–Crippen LogP) is 2.43. The Morgan fingerprint density at radius 1 is 1.62 bits per heavy atom. The zero-order chi connectivity index (χ0) is 12.1. The Morgan fingerprint density at radius 2 is 2.31 bits per heavy atom. The van der Waals surface area contributed by atoms with Gasteiger partial charge in [0, 0.05) is 6.04 Å². The fourth-order valence-corrected chi connectivity index (χ4v) is 1.58. The number of hydrogen-bond acceptors (Lipinski definition) is 3. The first kappa shape index (κ1) is 12.9. The second-order valence-electron chi connectivity index (χ2n) is 3.26. The van der Waals surface area contributed by atoms with Crippen LogP contribution in [0.4, 0.5) is 4.39 Å². The lowest BCUT2D eigenvalue weighted by molar-refractivity contribution is -0.143. The van der Waals surface area contributed by atoms with Crippen LogP contribution < -0.4 is 5.73 Å². The van der Waals surface area contributed by atoms with Crippen molar-refractivity contribution in [2.45, 2.75) is 19.4 Å². The molecule has 16 heavy (non-hydrogen) atoms. The van der Waals surface area contributed by atoms with E-state index >= 15 is 0 Å². The number of halogens is 2. The monoisotopic (exact) mass is 245 g/mol. The van der Waals surface area contributed by atoms with E-state index in [0.717, 1.165) is 0 Å². The van der Waals surface area contributed by atoms with Crippen LogP contribution in [0.5, 0.6) is 0 Å². The molecule has 0 aliphatic heterocycles. The largest absolute Gasteiger partial charge is 0.466 e. The van der Waals surface area contributed by atoms with Gasteiger partial charge in [-0.15, -0.1) is 0 Å². The molecule has 0 amide bonds. The molecule has 1 atom stereocenters. The molecule has 1 aromatic carbocycles. The Labute approximate surface area is 98.3 Å². The third-order valence-electron chi connectivity index (χ3n) is 2.07. The van der Waals surface area contributed by atoms with E-state index in [1.165, 1.54) is 12.1 Å². The SMILES string of the molecule is CCOC(=O)C[C@@H](N)c1cccc(F)c1Cl. The van der Waals surface area contributed by atoms with Gasteiger partial charge in [0.2, 0.25) is 0 Å². The lowest BCUT2D eigenvalue weighted by Gasteiger charge is -2.13. The number of rotatable bonds is 4. The van der Waals surface area contributed by atoms with Gasteiger partial charge in [-0.1, -0.05) is 23.7 Å². The van der Waals surface area contributed by atoms with Gasteiger partial charge < -0.3 is 10.5 Å². The van der Waals surface area contributed by atoms with E-state index < -0.39 is 17.8 Å². The van der Waals surface area contributed by atoms with Crippen molar-refractivity contribution in [1.29, 1.82) is 0 Å². The van der Waals surface area contributed by atoms with Gasteiger partial charge in [0.25, 0.3) is 0 Å². The summed E-state index contributed by atoms with van der Waals surface area (Å²) in [6.07, 6.45) is -0.0169. The quantitative estimate of drug-likeness (QED) is 0.829. The number of carbonyl (C=O) groups is 1. The second-order valence-corrected chi connectivity index (χ2v) is 3.64. The molecule has 2 N–H and O–H groups in total. The Morgan fingerprint density at radius 3 is 2.94 bits per heavy atom. The minimum atomic E-state index is -0.651. The molecular formula is C11H13ClFNO2. The fourth-order valence-electron chi connectivity index (χ4n) is 1.32. The highest BCUT2D eigenvalue weighted by Crippen LogP contribution is 2.26. The number of benzene rings is 1. The van der Waals surface area contributed by atoms with Crippen LogP contribution in [0.15, 0.2) is 18.2 Å². The molecule has 0 heterocycles. The van der Waals surface area contributed by atoms with Crippen molar-refractivity contribution in [1.82, 2.24) is 0 Å². The maximum Gasteiger partial charge on any atom is 0.307 e. The van der Waals surface area contributed by atoms with Crippen molar-refractivity contribution >= 4 is 17.6 Å². The maximum atomic E-state index is 13.1. The number of hydrogen-bond donors (Lipinski definition) is 1. The van der Waals surface area contributed by atoms with Gasteiger partial charge in [-0.3, -0.25) is 4.79 Å². The maximum absolute atomic E-state index is 13.1. The minimum Gasteiger partial charge on any atom is -0.466 e. The molecule has 0 aliphatic rings. The van der Waals surface area contributed by atoms with Gasteiger partial charge in [0.15, 0.2) is 0 Å².